The Morgan fingerprint density at radius 3 is 2.72 bits per heavy atom. The summed E-state index contributed by atoms with van der Waals surface area (Å²) in [5.41, 5.74) is 12.3. The van der Waals surface area contributed by atoms with E-state index in [1.807, 2.05) is 43.0 Å². The Morgan fingerprint density at radius 1 is 1.11 bits per heavy atom. The summed E-state index contributed by atoms with van der Waals surface area (Å²) in [5.74, 6) is 0.717. The fourth-order valence-corrected chi connectivity index (χ4v) is 5.23. The lowest BCUT2D eigenvalue weighted by atomic mass is 9.97. The van der Waals surface area contributed by atoms with Gasteiger partial charge in [-0.1, -0.05) is 18.2 Å². The van der Waals surface area contributed by atoms with Crippen LogP contribution in [-0.4, -0.2) is 60.5 Å². The minimum atomic E-state index is -0.665. The van der Waals surface area contributed by atoms with E-state index in [4.69, 9.17) is 10.7 Å². The molecule has 5 aromatic rings. The van der Waals surface area contributed by atoms with Gasteiger partial charge in [-0.15, -0.1) is 0 Å². The van der Waals surface area contributed by atoms with Gasteiger partial charge in [0.2, 0.25) is 0 Å². The quantitative estimate of drug-likeness (QED) is 0.400. The Morgan fingerprint density at radius 2 is 1.94 bits per heavy atom. The molecular formula is C27H28FN7O. The molecule has 0 bridgehead atoms. The molecule has 0 saturated carbocycles. The lowest BCUT2D eigenvalue weighted by molar-refractivity contribution is 0.0725. The van der Waals surface area contributed by atoms with Crippen molar-refractivity contribution in [2.45, 2.75) is 19.0 Å². The normalized spacial score (nSPS) is 14.7. The highest BCUT2D eigenvalue weighted by Crippen LogP contribution is 2.32. The van der Waals surface area contributed by atoms with Crippen LogP contribution >= 0.6 is 0 Å². The maximum Gasteiger partial charge on any atom is 0.254 e. The molecule has 6 rings (SSSR count). The van der Waals surface area contributed by atoms with E-state index < -0.39 is 12.7 Å². The molecule has 0 unspecified atom stereocenters. The smallest absolute Gasteiger partial charge is 0.254 e. The molecule has 0 saturated heterocycles. The van der Waals surface area contributed by atoms with Crippen LogP contribution < -0.4 is 5.73 Å². The molecule has 0 fully saturated rings. The third kappa shape index (κ3) is 3.58. The van der Waals surface area contributed by atoms with E-state index in [9.17, 15) is 9.18 Å². The van der Waals surface area contributed by atoms with Crippen LogP contribution in [0.3, 0.4) is 0 Å². The zero-order valence-electron chi connectivity index (χ0n) is 20.4. The SMILES string of the molecule is Cn1nccc1Cn1c(-c2nc3cc4c(cc3n2C)CCN(C[C@H](N)CF)C4=O)cc2ccccc21. The molecule has 1 aliphatic heterocycles. The van der Waals surface area contributed by atoms with E-state index in [1.54, 1.807) is 11.1 Å². The number of carbonyl (C=O) groups is 1. The van der Waals surface area contributed by atoms with Crippen LogP contribution in [0.2, 0.25) is 0 Å². The predicted molar refractivity (Wildman–Crippen MR) is 138 cm³/mol. The van der Waals surface area contributed by atoms with Gasteiger partial charge < -0.3 is 19.8 Å². The van der Waals surface area contributed by atoms with Crippen molar-refractivity contribution >= 4 is 27.8 Å². The number of para-hydroxylation sites is 1. The fourth-order valence-electron chi connectivity index (χ4n) is 5.23. The number of halogens is 1. The summed E-state index contributed by atoms with van der Waals surface area (Å²) in [7, 11) is 3.96. The summed E-state index contributed by atoms with van der Waals surface area (Å²) in [5, 5.41) is 5.47. The van der Waals surface area contributed by atoms with Crippen molar-refractivity contribution in [2.24, 2.45) is 19.8 Å². The number of hydrogen-bond donors (Lipinski definition) is 1. The van der Waals surface area contributed by atoms with Crippen LogP contribution in [0.15, 0.2) is 54.7 Å². The highest BCUT2D eigenvalue weighted by Gasteiger charge is 2.27. The summed E-state index contributed by atoms with van der Waals surface area (Å²) in [6.45, 7) is 0.760. The molecular weight excluding hydrogens is 457 g/mol. The van der Waals surface area contributed by atoms with Gasteiger partial charge >= 0.3 is 0 Å². The minimum Gasteiger partial charge on any atom is -0.337 e. The van der Waals surface area contributed by atoms with Crippen molar-refractivity contribution in [3.63, 3.8) is 0 Å². The monoisotopic (exact) mass is 485 g/mol. The van der Waals surface area contributed by atoms with Crippen LogP contribution in [0.1, 0.15) is 21.6 Å². The van der Waals surface area contributed by atoms with Gasteiger partial charge in [0.1, 0.15) is 6.67 Å². The molecule has 36 heavy (non-hydrogen) atoms. The number of fused-ring (bicyclic) bond motifs is 3. The third-order valence-electron chi connectivity index (χ3n) is 7.21. The van der Waals surface area contributed by atoms with Gasteiger partial charge in [0.25, 0.3) is 5.91 Å². The Hall–Kier alpha value is -3.98. The molecule has 1 atom stereocenters. The second kappa shape index (κ2) is 8.60. The maximum atomic E-state index is 13.2. The van der Waals surface area contributed by atoms with Gasteiger partial charge in [0.05, 0.1) is 35.0 Å². The first-order valence-corrected chi connectivity index (χ1v) is 12.1. The number of hydrogen-bond acceptors (Lipinski definition) is 4. The molecule has 0 aliphatic carbocycles. The molecule has 4 heterocycles. The number of imidazole rings is 1. The van der Waals surface area contributed by atoms with Gasteiger partial charge in [-0.3, -0.25) is 9.48 Å². The maximum absolute atomic E-state index is 13.2. The zero-order chi connectivity index (χ0) is 25.0. The van der Waals surface area contributed by atoms with Crippen molar-refractivity contribution in [1.29, 1.82) is 0 Å². The lowest BCUT2D eigenvalue weighted by Crippen LogP contribution is -2.45. The number of nitrogens with two attached hydrogens (primary N) is 1. The van der Waals surface area contributed by atoms with Gasteiger partial charge in [0, 0.05) is 49.8 Å². The largest absolute Gasteiger partial charge is 0.337 e. The minimum absolute atomic E-state index is 0.112. The average Bonchev–Trinajstić information content (AvgIpc) is 3.56. The number of aromatic nitrogens is 5. The van der Waals surface area contributed by atoms with E-state index in [0.717, 1.165) is 44.7 Å². The number of amides is 1. The standard InChI is InChI=1S/C27H28FN7O/c1-32-24-11-17-8-10-34(15-19(29)14-28)27(36)21(17)13-22(24)31-26(32)25-12-18-5-3-4-6-23(18)35(25)16-20-7-9-30-33(20)2/h3-7,9,11-13,19H,8,10,14-16,29H2,1-2H3/t19-/m1/s1. The molecule has 9 heteroatoms. The number of alkyl halides is 1. The van der Waals surface area contributed by atoms with Crippen LogP contribution in [0.25, 0.3) is 33.5 Å². The van der Waals surface area contributed by atoms with Gasteiger partial charge in [-0.05, 0) is 42.3 Å². The number of benzene rings is 2. The van der Waals surface area contributed by atoms with Crippen molar-refractivity contribution in [3.8, 4) is 11.5 Å². The second-order valence-corrected chi connectivity index (χ2v) is 9.53. The highest BCUT2D eigenvalue weighted by atomic mass is 19.1. The van der Waals surface area contributed by atoms with Crippen LogP contribution in [0, 0.1) is 0 Å². The van der Waals surface area contributed by atoms with Crippen LogP contribution in [0.5, 0.6) is 0 Å². The third-order valence-corrected chi connectivity index (χ3v) is 7.21. The molecule has 1 aliphatic rings. The topological polar surface area (TPSA) is 86.9 Å². The van der Waals surface area contributed by atoms with Crippen LogP contribution in [0.4, 0.5) is 4.39 Å². The number of aryl methyl sites for hydroxylation is 2. The van der Waals surface area contributed by atoms with Crippen molar-refractivity contribution in [3.05, 3.63) is 71.5 Å². The Kier molecular flexibility index (Phi) is 5.37. The summed E-state index contributed by atoms with van der Waals surface area (Å²) in [6, 6.07) is 15.8. The molecule has 2 aromatic carbocycles. The first-order valence-electron chi connectivity index (χ1n) is 12.1. The summed E-state index contributed by atoms with van der Waals surface area (Å²) in [4.78, 5) is 19.8. The van der Waals surface area contributed by atoms with E-state index in [2.05, 4.69) is 38.5 Å². The van der Waals surface area contributed by atoms with E-state index in [1.165, 1.54) is 0 Å². The van der Waals surface area contributed by atoms with Crippen molar-refractivity contribution in [2.75, 3.05) is 19.8 Å². The van der Waals surface area contributed by atoms with Crippen molar-refractivity contribution < 1.29 is 9.18 Å². The molecule has 1 amide bonds. The molecule has 2 N–H and O–H groups in total. The lowest BCUT2D eigenvalue weighted by Gasteiger charge is -2.30. The number of rotatable bonds is 6. The summed E-state index contributed by atoms with van der Waals surface area (Å²) in [6.07, 6.45) is 2.51. The van der Waals surface area contributed by atoms with Crippen molar-refractivity contribution in [1.82, 2.24) is 28.8 Å². The Bertz CT molecular complexity index is 1610. The molecule has 184 valence electrons. The van der Waals surface area contributed by atoms with Gasteiger partial charge in [-0.25, -0.2) is 9.37 Å². The average molecular weight is 486 g/mol. The molecule has 8 nitrogen and oxygen atoms in total. The van der Waals surface area contributed by atoms with Gasteiger partial charge in [-0.2, -0.15) is 5.10 Å². The fraction of sp³-hybridized carbons (Fsp3) is 0.296. The van der Waals surface area contributed by atoms with E-state index in [0.29, 0.717) is 25.1 Å². The first kappa shape index (κ1) is 22.5. The summed E-state index contributed by atoms with van der Waals surface area (Å²) < 4.78 is 19.2. The predicted octanol–water partition coefficient (Wildman–Crippen LogP) is 3.27. The molecule has 0 radical (unpaired) electrons. The van der Waals surface area contributed by atoms with Gasteiger partial charge in [0.15, 0.2) is 5.82 Å². The highest BCUT2D eigenvalue weighted by molar-refractivity contribution is 6.00. The second-order valence-electron chi connectivity index (χ2n) is 9.53. The number of carbonyl (C=O) groups excluding carboxylic acids is 1. The molecule has 3 aromatic heterocycles. The first-order chi connectivity index (χ1) is 17.4. The van der Waals surface area contributed by atoms with E-state index in [-0.39, 0.29) is 12.5 Å². The van der Waals surface area contributed by atoms with E-state index >= 15 is 0 Å². The summed E-state index contributed by atoms with van der Waals surface area (Å²) >= 11 is 0. The zero-order valence-corrected chi connectivity index (χ0v) is 20.4. The Labute approximate surface area is 207 Å². The molecule has 0 spiro atoms. The van der Waals surface area contributed by atoms with Crippen LogP contribution in [-0.2, 0) is 27.1 Å². The number of nitrogens with zero attached hydrogens (tertiary/aromatic N) is 6. The Balaban J connectivity index is 1.46.